The highest BCUT2D eigenvalue weighted by atomic mass is 19.4. The van der Waals surface area contributed by atoms with Crippen LogP contribution in [0.5, 0.6) is 0 Å². The standard InChI is InChI=1S/C9H16BF3NO/c1-7(10(11,12)13)4-14-5-8(2)15-9(3)6-14/h8-9H,1,4-6H2,2-3H3/q-1/t8-,9+. The van der Waals surface area contributed by atoms with Crippen LogP contribution in [0.3, 0.4) is 0 Å². The van der Waals surface area contributed by atoms with Gasteiger partial charge < -0.3 is 17.7 Å². The second kappa shape index (κ2) is 4.57. The van der Waals surface area contributed by atoms with Crippen LogP contribution in [-0.4, -0.2) is 43.7 Å². The molecule has 1 rings (SSSR count). The van der Waals surface area contributed by atoms with Gasteiger partial charge in [-0.1, -0.05) is 0 Å². The molecule has 0 bridgehead atoms. The Kier molecular flexibility index (Phi) is 3.84. The Morgan fingerprint density at radius 3 is 2.20 bits per heavy atom. The summed E-state index contributed by atoms with van der Waals surface area (Å²) in [6.45, 7) is 2.89. The summed E-state index contributed by atoms with van der Waals surface area (Å²) in [5.74, 6) is 0. The van der Waals surface area contributed by atoms with Crippen molar-refractivity contribution in [1.29, 1.82) is 0 Å². The van der Waals surface area contributed by atoms with Crippen LogP contribution in [0.1, 0.15) is 13.8 Å². The lowest BCUT2D eigenvalue weighted by molar-refractivity contribution is -0.0651. The van der Waals surface area contributed by atoms with Gasteiger partial charge in [0.25, 0.3) is 0 Å². The van der Waals surface area contributed by atoms with Gasteiger partial charge in [0.05, 0.1) is 12.2 Å². The molecule has 1 heterocycles. The van der Waals surface area contributed by atoms with Crippen LogP contribution >= 0.6 is 0 Å². The van der Waals surface area contributed by atoms with E-state index in [2.05, 4.69) is 6.58 Å². The first-order valence-corrected chi connectivity index (χ1v) is 5.04. The molecule has 0 spiro atoms. The first kappa shape index (κ1) is 12.6. The Hall–Kier alpha value is -0.485. The van der Waals surface area contributed by atoms with E-state index in [1.165, 1.54) is 0 Å². The highest BCUT2D eigenvalue weighted by molar-refractivity contribution is 6.66. The molecule has 0 aromatic rings. The highest BCUT2D eigenvalue weighted by Gasteiger charge is 2.30. The molecule has 1 saturated heterocycles. The fourth-order valence-corrected chi connectivity index (χ4v) is 1.80. The Bertz CT molecular complexity index is 234. The molecule has 0 unspecified atom stereocenters. The molecule has 0 amide bonds. The molecule has 0 aromatic heterocycles. The summed E-state index contributed by atoms with van der Waals surface area (Å²) in [5, 5.41) is 0. The average molecular weight is 222 g/mol. The summed E-state index contributed by atoms with van der Waals surface area (Å²) in [4.78, 5) is 1.75. The summed E-state index contributed by atoms with van der Waals surface area (Å²) in [6, 6.07) is 0. The van der Waals surface area contributed by atoms with E-state index >= 15 is 0 Å². The summed E-state index contributed by atoms with van der Waals surface area (Å²) in [5.41, 5.74) is -0.628. The molecule has 0 saturated carbocycles. The highest BCUT2D eigenvalue weighted by Crippen LogP contribution is 2.20. The van der Waals surface area contributed by atoms with Crippen molar-refractivity contribution in [2.24, 2.45) is 0 Å². The largest absolute Gasteiger partial charge is 0.506 e. The van der Waals surface area contributed by atoms with Crippen LogP contribution in [0, 0.1) is 0 Å². The summed E-state index contributed by atoms with van der Waals surface area (Å²) >= 11 is 0. The molecule has 2 nitrogen and oxygen atoms in total. The second-order valence-corrected chi connectivity index (χ2v) is 4.18. The van der Waals surface area contributed by atoms with Gasteiger partial charge in [-0.3, -0.25) is 4.90 Å². The summed E-state index contributed by atoms with van der Waals surface area (Å²) in [6.07, 6.45) is -0.0235. The number of rotatable bonds is 3. The number of halogens is 3. The number of ether oxygens (including phenoxy) is 1. The van der Waals surface area contributed by atoms with Crippen molar-refractivity contribution in [2.75, 3.05) is 19.6 Å². The maximum absolute atomic E-state index is 12.3. The predicted molar refractivity (Wildman–Crippen MR) is 54.7 cm³/mol. The molecule has 2 atom stereocenters. The quantitative estimate of drug-likeness (QED) is 0.677. The van der Waals surface area contributed by atoms with Crippen molar-refractivity contribution in [3.05, 3.63) is 12.1 Å². The van der Waals surface area contributed by atoms with Crippen molar-refractivity contribution in [1.82, 2.24) is 4.90 Å². The van der Waals surface area contributed by atoms with Crippen molar-refractivity contribution < 1.29 is 17.7 Å². The zero-order chi connectivity index (χ0) is 11.6. The van der Waals surface area contributed by atoms with Gasteiger partial charge in [-0.05, 0) is 20.4 Å². The molecule has 1 aliphatic heterocycles. The van der Waals surface area contributed by atoms with E-state index in [-0.39, 0.29) is 18.8 Å². The predicted octanol–water partition coefficient (Wildman–Crippen LogP) is 2.04. The van der Waals surface area contributed by atoms with E-state index < -0.39 is 12.4 Å². The Morgan fingerprint density at radius 2 is 1.80 bits per heavy atom. The molecule has 1 fully saturated rings. The molecular weight excluding hydrogens is 206 g/mol. The van der Waals surface area contributed by atoms with E-state index in [1.54, 1.807) is 4.90 Å². The number of nitrogens with zero attached hydrogens (tertiary/aromatic N) is 1. The second-order valence-electron chi connectivity index (χ2n) is 4.18. The van der Waals surface area contributed by atoms with Crippen LogP contribution < -0.4 is 0 Å². The van der Waals surface area contributed by atoms with Gasteiger partial charge in [-0.2, -0.15) is 0 Å². The zero-order valence-electron chi connectivity index (χ0n) is 9.05. The number of hydrogen-bond donors (Lipinski definition) is 0. The summed E-state index contributed by atoms with van der Waals surface area (Å²) < 4.78 is 42.3. The maximum atomic E-state index is 12.3. The maximum Gasteiger partial charge on any atom is 0.506 e. The third-order valence-electron chi connectivity index (χ3n) is 2.38. The minimum Gasteiger partial charge on any atom is -0.445 e. The lowest BCUT2D eigenvalue weighted by Gasteiger charge is -2.37. The average Bonchev–Trinajstić information content (AvgIpc) is 1.99. The van der Waals surface area contributed by atoms with E-state index in [0.29, 0.717) is 13.1 Å². The SMILES string of the molecule is C=C(CN1C[C@@H](C)O[C@@H](C)C1)[B-](F)(F)F. The minimum absolute atomic E-state index is 0.0118. The van der Waals surface area contributed by atoms with Crippen LogP contribution in [0.15, 0.2) is 12.1 Å². The molecule has 0 radical (unpaired) electrons. The van der Waals surface area contributed by atoms with Gasteiger partial charge in [0.1, 0.15) is 0 Å². The third-order valence-corrected chi connectivity index (χ3v) is 2.38. The molecular formula is C9H16BF3NO-. The van der Waals surface area contributed by atoms with Crippen molar-refractivity contribution in [3.8, 4) is 0 Å². The van der Waals surface area contributed by atoms with E-state index in [0.717, 1.165) is 0 Å². The van der Waals surface area contributed by atoms with Crippen molar-refractivity contribution in [2.45, 2.75) is 26.1 Å². The first-order chi connectivity index (χ1) is 6.79. The molecule has 15 heavy (non-hydrogen) atoms. The fourth-order valence-electron chi connectivity index (χ4n) is 1.80. The Balaban J connectivity index is 2.48. The van der Waals surface area contributed by atoms with Crippen LogP contribution in [-0.2, 0) is 4.74 Å². The van der Waals surface area contributed by atoms with Gasteiger partial charge in [0.2, 0.25) is 0 Å². The Labute approximate surface area is 88.1 Å². The van der Waals surface area contributed by atoms with Gasteiger partial charge in [-0.25, -0.2) is 0 Å². The van der Waals surface area contributed by atoms with Crippen LogP contribution in [0.2, 0.25) is 0 Å². The van der Waals surface area contributed by atoms with E-state index in [4.69, 9.17) is 4.74 Å². The van der Waals surface area contributed by atoms with Gasteiger partial charge >= 0.3 is 6.98 Å². The molecule has 6 heteroatoms. The molecule has 0 N–H and O–H groups in total. The van der Waals surface area contributed by atoms with Gasteiger partial charge in [0.15, 0.2) is 0 Å². The topological polar surface area (TPSA) is 12.5 Å². The third kappa shape index (κ3) is 3.87. The lowest BCUT2D eigenvalue weighted by Crippen LogP contribution is -2.47. The van der Waals surface area contributed by atoms with Crippen LogP contribution in [0.4, 0.5) is 12.9 Å². The van der Waals surface area contributed by atoms with Gasteiger partial charge in [0, 0.05) is 13.1 Å². The van der Waals surface area contributed by atoms with Gasteiger partial charge in [-0.15, -0.1) is 12.1 Å². The summed E-state index contributed by atoms with van der Waals surface area (Å²) in [7, 11) is 0. The Morgan fingerprint density at radius 1 is 1.33 bits per heavy atom. The van der Waals surface area contributed by atoms with Crippen molar-refractivity contribution >= 4 is 6.98 Å². The van der Waals surface area contributed by atoms with Crippen LogP contribution in [0.25, 0.3) is 0 Å². The number of morpholine rings is 1. The molecule has 88 valence electrons. The van der Waals surface area contributed by atoms with E-state index in [1.807, 2.05) is 13.8 Å². The normalized spacial score (nSPS) is 29.1. The minimum atomic E-state index is -4.91. The smallest absolute Gasteiger partial charge is 0.445 e. The molecule has 0 aromatic carbocycles. The first-order valence-electron chi connectivity index (χ1n) is 5.04. The zero-order valence-corrected chi connectivity index (χ0v) is 9.05. The van der Waals surface area contributed by atoms with Crippen molar-refractivity contribution in [3.63, 3.8) is 0 Å². The lowest BCUT2D eigenvalue weighted by atomic mass is 9.80. The number of hydrogen-bond acceptors (Lipinski definition) is 2. The fraction of sp³-hybridized carbons (Fsp3) is 0.778. The monoisotopic (exact) mass is 222 g/mol. The van der Waals surface area contributed by atoms with E-state index in [9.17, 15) is 12.9 Å². The molecule has 1 aliphatic rings. The molecule has 0 aliphatic carbocycles.